The van der Waals surface area contributed by atoms with Crippen LogP contribution in [-0.4, -0.2) is 157 Å². The number of Topliss-reactive ketones (excluding diaryl/α,β-unsaturated/α-hetero) is 2. The van der Waals surface area contributed by atoms with Crippen LogP contribution in [0.15, 0.2) is 255 Å². The lowest BCUT2D eigenvalue weighted by Gasteiger charge is -2.22. The minimum atomic E-state index is -3.80. The molecule has 0 aliphatic carbocycles. The molecule has 2 aromatic heterocycles. The molecule has 0 spiro atoms. The Balaban J connectivity index is 0.000000207. The van der Waals surface area contributed by atoms with Crippen LogP contribution in [0.5, 0.6) is 0 Å². The summed E-state index contributed by atoms with van der Waals surface area (Å²) in [6.45, 7) is 1.33. The zero-order chi connectivity index (χ0) is 82.7. The highest BCUT2D eigenvalue weighted by molar-refractivity contribution is 7.89. The smallest absolute Gasteiger partial charge is 0.324 e. The fraction of sp³-hybridized carbons (Fsp3) is 0.264. The molecule has 120 heavy (non-hydrogen) atoms. The number of carbonyl (C=O) groups excluding carboxylic acids is 4. The first-order chi connectivity index (χ1) is 56.9. The number of imidazole rings is 2. The van der Waals surface area contributed by atoms with E-state index < -0.39 is 94.9 Å². The number of sulfonamides is 4. The van der Waals surface area contributed by atoms with Crippen LogP contribution in [0.1, 0.15) is 132 Å². The van der Waals surface area contributed by atoms with Crippen LogP contribution in [0.2, 0.25) is 0 Å². The number of nitrogens with one attached hydrogen (secondary N) is 2. The number of fused-ring (bicyclic) bond motifs is 2. The van der Waals surface area contributed by atoms with Crippen molar-refractivity contribution in [2.45, 2.75) is 113 Å². The van der Waals surface area contributed by atoms with Gasteiger partial charge in [-0.2, -0.15) is 17.2 Å². The van der Waals surface area contributed by atoms with Gasteiger partial charge in [-0.05, 0) is 123 Å². The maximum Gasteiger partial charge on any atom is 0.324 e. The molecule has 4 atom stereocenters. The molecule has 12 aromatic rings. The van der Waals surface area contributed by atoms with E-state index in [0.717, 1.165) is 98.2 Å². The summed E-state index contributed by atoms with van der Waals surface area (Å²) in [7, 11) is -14.6. The molecular formula is C91H95N9O16S4. The number of ketones is 2. The van der Waals surface area contributed by atoms with Gasteiger partial charge < -0.3 is 30.7 Å². The van der Waals surface area contributed by atoms with E-state index in [0.29, 0.717) is 84.5 Å². The molecule has 0 radical (unpaired) electrons. The first kappa shape index (κ1) is 87.8. The van der Waals surface area contributed by atoms with E-state index in [-0.39, 0.29) is 61.8 Å². The van der Waals surface area contributed by atoms with Gasteiger partial charge in [0.05, 0.1) is 58.9 Å². The number of ether oxygens (including phenoxy) is 2. The number of benzene rings is 10. The average Bonchev–Trinajstić information content (AvgIpc) is 1.67. The SMILES string of the molecule is C.CC(=O)O.N.O=C(COC(=O)[C@@H]1CCCN1S(=O)(=O)Cc1ccccc1)c1ccc(-c2ccc(C(=O)COC(=O)[C@@H]3CCCN3S(=O)(=O)Cc3ccccc3)c3ccccc23)cc1.O=S(=O)(Cc1ccccc1)N1CCC[C@H]1c1ncc(-c2ccc(-c3ccc(-c4cnc([C@@H]5CCCN5S(=O)(=O)Cc5ccccc5)[nH]4)c4ccccc34)cc2)[nH]1. The van der Waals surface area contributed by atoms with Crippen LogP contribution >= 0.6 is 0 Å². The molecular weight excluding hydrogens is 1600 g/mol. The summed E-state index contributed by atoms with van der Waals surface area (Å²) in [6.07, 6.45) is 8.22. The summed E-state index contributed by atoms with van der Waals surface area (Å²) in [5.41, 5.74) is 10.7. The van der Waals surface area contributed by atoms with Crippen molar-refractivity contribution in [2.75, 3.05) is 39.4 Å². The number of aliphatic carboxylic acids is 1. The highest BCUT2D eigenvalue weighted by atomic mass is 32.2. The molecule has 10 aromatic carbocycles. The van der Waals surface area contributed by atoms with Gasteiger partial charge in [-0.15, -0.1) is 0 Å². The quantitative estimate of drug-likeness (QED) is 0.0289. The normalized spacial score (nSPS) is 17.2. The number of hydrogen-bond donors (Lipinski definition) is 4. The number of carboxylic acid groups (broad SMARTS) is 1. The molecule has 4 aliphatic rings. The Morgan fingerprint density at radius 1 is 0.383 bits per heavy atom. The van der Waals surface area contributed by atoms with Crippen LogP contribution in [0.3, 0.4) is 0 Å². The number of rotatable bonds is 26. The standard InChI is InChI=1S/C44H42N6O4S2.C44H42N2O10S2.C2H4O2.CH4.H3N/c51-55(52,29-31-11-3-1-4-12-31)49-25-9-17-41(49)43-45-27-39(47-43)34-21-19-33(20-22-34)35-23-24-38(37-16-8-7-15-36(35)37)40-28-46-44(48-40)42-18-10-26-50(42)56(53,54)30-32-13-5-2-6-14-32;47-41(27-55-43(49)39-17-9-25-45(39)57(51,52)29-31-11-3-1-4-12-31)34-21-19-33(20-22-34)35-23-24-38(37-16-8-7-15-36(35)37)42(48)28-56-44(50)40-18-10-26-46(40)58(53,54)30-32-13-5-2-6-14-32;1-2(3)4;;/h1-8,11-16,19-24,27-28,41-42H,9-10,17-18,25-26,29-30H2,(H,45,47)(H,46,48);1-8,11-16,19-24,39-40H,9-10,17-18,25-30H2;1H3,(H,3,4);1H4;1H3/t41-,42-;39-,40-;;;/m00.../s1. The van der Waals surface area contributed by atoms with Crippen molar-refractivity contribution in [3.05, 3.63) is 300 Å². The van der Waals surface area contributed by atoms with Crippen LogP contribution in [0.4, 0.5) is 0 Å². The van der Waals surface area contributed by atoms with Crippen LogP contribution < -0.4 is 6.15 Å². The zero-order valence-corrected chi connectivity index (χ0v) is 68.6. The van der Waals surface area contributed by atoms with Crippen molar-refractivity contribution in [3.8, 4) is 44.8 Å². The molecule has 0 amide bonds. The third-order valence-corrected chi connectivity index (χ3v) is 28.9. The van der Waals surface area contributed by atoms with E-state index in [1.807, 2.05) is 91.1 Å². The molecule has 4 fully saturated rings. The molecule has 25 nitrogen and oxygen atoms in total. The number of nitrogens with zero attached hydrogens (tertiary/aromatic N) is 6. The molecule has 6 heterocycles. The Hall–Kier alpha value is -11.5. The maximum absolute atomic E-state index is 13.5. The van der Waals surface area contributed by atoms with Crippen LogP contribution in [-0.2, 0) is 87.0 Å². The highest BCUT2D eigenvalue weighted by Crippen LogP contribution is 2.41. The topological polar surface area (TPSA) is 366 Å². The van der Waals surface area contributed by atoms with E-state index >= 15 is 0 Å². The molecule has 4 aliphatic heterocycles. The molecule has 0 saturated carbocycles. The van der Waals surface area contributed by atoms with Crippen LogP contribution in [0, 0.1) is 0 Å². The third-order valence-electron chi connectivity index (χ3n) is 21.5. The Labute approximate surface area is 699 Å². The van der Waals surface area contributed by atoms with Gasteiger partial charge in [0.1, 0.15) is 23.7 Å². The number of esters is 2. The minimum absolute atomic E-state index is 0. The second-order valence-corrected chi connectivity index (χ2v) is 37.2. The van der Waals surface area contributed by atoms with E-state index in [9.17, 15) is 52.8 Å². The predicted octanol–water partition coefficient (Wildman–Crippen LogP) is 15.5. The minimum Gasteiger partial charge on any atom is -0.481 e. The van der Waals surface area contributed by atoms with Gasteiger partial charge in [0.25, 0.3) is 5.97 Å². The summed E-state index contributed by atoms with van der Waals surface area (Å²) < 4.78 is 123. The van der Waals surface area contributed by atoms with Gasteiger partial charge in [-0.25, -0.2) is 43.6 Å². The average molecular weight is 1700 g/mol. The van der Waals surface area contributed by atoms with E-state index in [2.05, 4.69) is 63.5 Å². The summed E-state index contributed by atoms with van der Waals surface area (Å²) in [4.78, 5) is 78.1. The second kappa shape index (κ2) is 38.7. The van der Waals surface area contributed by atoms with Crippen molar-refractivity contribution in [1.29, 1.82) is 0 Å². The van der Waals surface area contributed by atoms with Crippen molar-refractivity contribution >= 4 is 91.1 Å². The van der Waals surface area contributed by atoms with Crippen LogP contribution in [0.25, 0.3) is 66.3 Å². The highest BCUT2D eigenvalue weighted by Gasteiger charge is 2.43. The Morgan fingerprint density at radius 2 is 0.700 bits per heavy atom. The largest absolute Gasteiger partial charge is 0.481 e. The van der Waals surface area contributed by atoms with Gasteiger partial charge in [-0.3, -0.25) is 24.0 Å². The molecule has 624 valence electrons. The van der Waals surface area contributed by atoms with Crippen molar-refractivity contribution in [3.63, 3.8) is 0 Å². The van der Waals surface area contributed by atoms with E-state index in [1.165, 1.54) is 8.61 Å². The number of carbonyl (C=O) groups is 5. The van der Waals surface area contributed by atoms with Crippen molar-refractivity contribution < 1.29 is 72.2 Å². The molecule has 0 bridgehead atoms. The second-order valence-electron chi connectivity index (χ2n) is 29.6. The van der Waals surface area contributed by atoms with Gasteiger partial charge in [0.2, 0.25) is 45.9 Å². The third kappa shape index (κ3) is 20.5. The van der Waals surface area contributed by atoms with E-state index in [1.54, 1.807) is 124 Å². The van der Waals surface area contributed by atoms with Crippen molar-refractivity contribution in [1.82, 2.24) is 43.3 Å². The summed E-state index contributed by atoms with van der Waals surface area (Å²) in [5, 5.41) is 10.9. The zero-order valence-electron chi connectivity index (χ0n) is 65.4. The predicted molar refractivity (Wildman–Crippen MR) is 463 cm³/mol. The first-order valence-corrected chi connectivity index (χ1v) is 45.4. The Morgan fingerprint density at radius 3 is 1.13 bits per heavy atom. The Bertz CT molecular complexity index is 6120. The van der Waals surface area contributed by atoms with Gasteiger partial charge in [0, 0.05) is 49.8 Å². The molecule has 29 heteroatoms. The fourth-order valence-electron chi connectivity index (χ4n) is 15.9. The number of hydrogen-bond acceptors (Lipinski definition) is 18. The van der Waals surface area contributed by atoms with Crippen molar-refractivity contribution in [2.24, 2.45) is 0 Å². The lowest BCUT2D eigenvalue weighted by Crippen LogP contribution is -2.42. The lowest BCUT2D eigenvalue weighted by molar-refractivity contribution is -0.147. The first-order valence-electron chi connectivity index (χ1n) is 39.0. The molecule has 0 unspecified atom stereocenters. The monoisotopic (exact) mass is 1700 g/mol. The summed E-state index contributed by atoms with van der Waals surface area (Å²) in [6, 6.07) is 71.6. The fourth-order valence-corrected chi connectivity index (χ4v) is 23.0. The summed E-state index contributed by atoms with van der Waals surface area (Å²) >= 11 is 0. The number of aromatic nitrogens is 4. The van der Waals surface area contributed by atoms with E-state index in [4.69, 9.17) is 24.4 Å². The Kier molecular flexibility index (Phi) is 28.3. The summed E-state index contributed by atoms with van der Waals surface area (Å²) in [5.74, 6) is -2.47. The maximum atomic E-state index is 13.5. The molecule has 16 rings (SSSR count). The molecule has 4 saturated heterocycles. The molecule has 6 N–H and O–H groups in total. The van der Waals surface area contributed by atoms with Gasteiger partial charge in [0.15, 0.2) is 19.0 Å². The number of H-pyrrole nitrogens is 2. The number of carboxylic acids is 1. The number of aromatic amines is 2. The van der Waals surface area contributed by atoms with Gasteiger partial charge >= 0.3 is 11.9 Å². The van der Waals surface area contributed by atoms with Gasteiger partial charge in [-0.1, -0.05) is 250 Å². The lowest BCUT2D eigenvalue weighted by atomic mass is 9.93.